The van der Waals surface area contributed by atoms with Gasteiger partial charge < -0.3 is 7.80 Å². The van der Waals surface area contributed by atoms with Gasteiger partial charge in [-0.15, -0.1) is 0 Å². The summed E-state index contributed by atoms with van der Waals surface area (Å²) >= 11 is 1.57. The standard InChI is InChI=1S/C16H12INO3/c17-21-16(19)14-13(11-7-3-1-4-8-11)18-15(20-14)12-9-5-2-6-10-12/h1-10,13-14H. The second-order valence-electron chi connectivity index (χ2n) is 4.59. The van der Waals surface area contributed by atoms with Crippen molar-refractivity contribution in [1.82, 2.24) is 0 Å². The molecule has 106 valence electrons. The zero-order chi connectivity index (χ0) is 14.7. The van der Waals surface area contributed by atoms with Crippen LogP contribution in [0.1, 0.15) is 17.2 Å². The molecule has 0 aliphatic carbocycles. The average Bonchev–Trinajstić information content (AvgIpc) is 3.01. The van der Waals surface area contributed by atoms with E-state index in [-0.39, 0.29) is 6.04 Å². The molecular formula is C16H12INO3. The van der Waals surface area contributed by atoms with Crippen LogP contribution >= 0.6 is 23.0 Å². The van der Waals surface area contributed by atoms with E-state index in [1.807, 2.05) is 60.7 Å². The Morgan fingerprint density at radius 2 is 1.67 bits per heavy atom. The van der Waals surface area contributed by atoms with Crippen LogP contribution in [0.5, 0.6) is 0 Å². The maximum Gasteiger partial charge on any atom is 0.359 e. The fourth-order valence-corrected chi connectivity index (χ4v) is 2.50. The molecule has 0 radical (unpaired) electrons. The summed E-state index contributed by atoms with van der Waals surface area (Å²) in [5.41, 5.74) is 1.78. The lowest BCUT2D eigenvalue weighted by Gasteiger charge is -2.14. The van der Waals surface area contributed by atoms with Crippen LogP contribution in [-0.2, 0) is 12.6 Å². The fraction of sp³-hybridized carbons (Fsp3) is 0.125. The molecule has 2 aromatic carbocycles. The van der Waals surface area contributed by atoms with E-state index in [0.717, 1.165) is 11.1 Å². The summed E-state index contributed by atoms with van der Waals surface area (Å²) in [5, 5.41) is 0. The van der Waals surface area contributed by atoms with Gasteiger partial charge in [-0.1, -0.05) is 48.5 Å². The highest BCUT2D eigenvalue weighted by Crippen LogP contribution is 2.32. The molecule has 5 heteroatoms. The molecule has 0 saturated heterocycles. The van der Waals surface area contributed by atoms with Crippen LogP contribution in [0, 0.1) is 0 Å². The first kappa shape index (κ1) is 14.1. The zero-order valence-corrected chi connectivity index (χ0v) is 13.1. The van der Waals surface area contributed by atoms with Crippen LogP contribution in [0.4, 0.5) is 0 Å². The molecule has 0 N–H and O–H groups in total. The molecule has 2 unspecified atom stereocenters. The predicted octanol–water partition coefficient (Wildman–Crippen LogP) is 3.47. The smallest absolute Gasteiger partial charge is 0.359 e. The number of carbonyl (C=O) groups excluding carboxylic acids is 1. The molecule has 0 aromatic heterocycles. The van der Waals surface area contributed by atoms with E-state index in [9.17, 15) is 4.79 Å². The van der Waals surface area contributed by atoms with Gasteiger partial charge in [0.25, 0.3) is 0 Å². The van der Waals surface area contributed by atoms with Gasteiger partial charge in [0, 0.05) is 5.56 Å². The first-order valence-corrected chi connectivity index (χ1v) is 7.35. The lowest BCUT2D eigenvalue weighted by atomic mass is 10.0. The number of ether oxygens (including phenoxy) is 1. The van der Waals surface area contributed by atoms with E-state index < -0.39 is 12.1 Å². The Hall–Kier alpha value is -1.89. The monoisotopic (exact) mass is 393 g/mol. The lowest BCUT2D eigenvalue weighted by molar-refractivity contribution is -0.139. The third kappa shape index (κ3) is 2.92. The largest absolute Gasteiger partial charge is 0.459 e. The Morgan fingerprint density at radius 1 is 1.05 bits per heavy atom. The van der Waals surface area contributed by atoms with Crippen molar-refractivity contribution in [3.8, 4) is 0 Å². The molecule has 0 amide bonds. The van der Waals surface area contributed by atoms with E-state index in [4.69, 9.17) is 7.80 Å². The van der Waals surface area contributed by atoms with Gasteiger partial charge in [-0.3, -0.25) is 0 Å². The Labute approximate surface area is 136 Å². The number of aliphatic imine (C=N–C) groups is 1. The van der Waals surface area contributed by atoms with Gasteiger partial charge in [-0.2, -0.15) is 0 Å². The van der Waals surface area contributed by atoms with E-state index in [2.05, 4.69) is 4.99 Å². The molecule has 2 atom stereocenters. The van der Waals surface area contributed by atoms with E-state index >= 15 is 0 Å². The minimum absolute atomic E-state index is 0.385. The summed E-state index contributed by atoms with van der Waals surface area (Å²) < 4.78 is 10.5. The normalized spacial score (nSPS) is 20.5. The van der Waals surface area contributed by atoms with E-state index in [1.165, 1.54) is 0 Å². The topological polar surface area (TPSA) is 47.9 Å². The van der Waals surface area contributed by atoms with Crippen LogP contribution in [0.25, 0.3) is 0 Å². The van der Waals surface area contributed by atoms with Gasteiger partial charge >= 0.3 is 5.97 Å². The fourth-order valence-electron chi connectivity index (χ4n) is 2.25. The van der Waals surface area contributed by atoms with Crippen LogP contribution < -0.4 is 0 Å². The summed E-state index contributed by atoms with van der Waals surface area (Å²) in [5.74, 6) is 0.0374. The number of halogens is 1. The molecule has 0 saturated carbocycles. The highest BCUT2D eigenvalue weighted by molar-refractivity contribution is 14.1. The van der Waals surface area contributed by atoms with Crippen molar-refractivity contribution in [3.05, 3.63) is 71.8 Å². The summed E-state index contributed by atoms with van der Waals surface area (Å²) in [6.07, 6.45) is -0.750. The van der Waals surface area contributed by atoms with Crippen LogP contribution in [0.2, 0.25) is 0 Å². The molecule has 1 aliphatic heterocycles. The molecule has 2 aromatic rings. The summed E-state index contributed by atoms with van der Waals surface area (Å²) in [6.45, 7) is 0. The number of carbonyl (C=O) groups is 1. The first-order valence-electron chi connectivity index (χ1n) is 6.47. The molecule has 4 nitrogen and oxygen atoms in total. The Balaban J connectivity index is 1.97. The van der Waals surface area contributed by atoms with Crippen molar-refractivity contribution in [2.24, 2.45) is 4.99 Å². The quantitative estimate of drug-likeness (QED) is 0.751. The van der Waals surface area contributed by atoms with Gasteiger partial charge in [0.1, 0.15) is 6.04 Å². The number of benzene rings is 2. The van der Waals surface area contributed by atoms with Crippen molar-refractivity contribution in [1.29, 1.82) is 0 Å². The molecule has 0 spiro atoms. The Bertz CT molecular complexity index is 658. The van der Waals surface area contributed by atoms with Gasteiger partial charge in [0.05, 0.1) is 0 Å². The molecule has 1 aliphatic rings. The average molecular weight is 393 g/mol. The summed E-state index contributed by atoms with van der Waals surface area (Å²) in [6, 6.07) is 18.8. The SMILES string of the molecule is O=C(OI)C1OC(c2ccccc2)=NC1c1ccccc1. The van der Waals surface area contributed by atoms with E-state index in [0.29, 0.717) is 5.90 Å². The molecular weight excluding hydrogens is 381 g/mol. The molecule has 1 heterocycles. The van der Waals surface area contributed by atoms with Crippen LogP contribution in [-0.4, -0.2) is 18.0 Å². The van der Waals surface area contributed by atoms with Gasteiger partial charge in [0.2, 0.25) is 12.0 Å². The van der Waals surface area contributed by atoms with Crippen LogP contribution in [0.15, 0.2) is 65.7 Å². The number of nitrogens with zero attached hydrogens (tertiary/aromatic N) is 1. The third-order valence-electron chi connectivity index (χ3n) is 3.25. The third-order valence-corrected chi connectivity index (χ3v) is 3.69. The van der Waals surface area contributed by atoms with Crippen molar-refractivity contribution < 1.29 is 12.6 Å². The van der Waals surface area contributed by atoms with Crippen molar-refractivity contribution in [2.45, 2.75) is 12.1 Å². The van der Waals surface area contributed by atoms with Crippen molar-refractivity contribution >= 4 is 34.9 Å². The van der Waals surface area contributed by atoms with Crippen LogP contribution in [0.3, 0.4) is 0 Å². The van der Waals surface area contributed by atoms with Crippen molar-refractivity contribution in [2.75, 3.05) is 0 Å². The van der Waals surface area contributed by atoms with Crippen molar-refractivity contribution in [3.63, 3.8) is 0 Å². The Kier molecular flexibility index (Phi) is 4.19. The van der Waals surface area contributed by atoms with Gasteiger partial charge in [-0.05, 0) is 17.7 Å². The van der Waals surface area contributed by atoms with E-state index in [1.54, 1.807) is 23.0 Å². The maximum atomic E-state index is 11.9. The number of rotatable bonds is 3. The second-order valence-corrected chi connectivity index (χ2v) is 5.03. The highest BCUT2D eigenvalue weighted by atomic mass is 127. The minimum atomic E-state index is -0.750. The highest BCUT2D eigenvalue weighted by Gasteiger charge is 2.39. The van der Waals surface area contributed by atoms with Gasteiger partial charge in [0.15, 0.2) is 23.0 Å². The summed E-state index contributed by atoms with van der Waals surface area (Å²) in [4.78, 5) is 16.5. The molecule has 3 rings (SSSR count). The number of hydrogen-bond donors (Lipinski definition) is 0. The van der Waals surface area contributed by atoms with Gasteiger partial charge in [-0.25, -0.2) is 9.79 Å². The molecule has 0 fully saturated rings. The predicted molar refractivity (Wildman–Crippen MR) is 87.1 cm³/mol. The first-order chi connectivity index (χ1) is 10.3. The Morgan fingerprint density at radius 3 is 2.29 bits per heavy atom. The number of hydrogen-bond acceptors (Lipinski definition) is 4. The lowest BCUT2D eigenvalue weighted by Crippen LogP contribution is -2.27. The molecule has 0 bridgehead atoms. The maximum absolute atomic E-state index is 11.9. The molecule has 21 heavy (non-hydrogen) atoms. The zero-order valence-electron chi connectivity index (χ0n) is 11.0. The summed E-state index contributed by atoms with van der Waals surface area (Å²) in [7, 11) is 0. The minimum Gasteiger partial charge on any atom is -0.459 e. The second kappa shape index (κ2) is 6.26.